The van der Waals surface area contributed by atoms with Gasteiger partial charge < -0.3 is 24.2 Å². The van der Waals surface area contributed by atoms with E-state index in [1.54, 1.807) is 38.7 Å². The molecule has 0 bridgehead atoms. The van der Waals surface area contributed by atoms with E-state index in [9.17, 15) is 4.79 Å². The molecule has 1 amide bonds. The summed E-state index contributed by atoms with van der Waals surface area (Å²) in [6.45, 7) is 2.95. The smallest absolute Gasteiger partial charge is 0.255 e. The number of pyridine rings is 1. The third-order valence-corrected chi connectivity index (χ3v) is 4.89. The van der Waals surface area contributed by atoms with Gasteiger partial charge in [0.05, 0.1) is 31.7 Å². The van der Waals surface area contributed by atoms with Gasteiger partial charge in [-0.3, -0.25) is 9.78 Å². The van der Waals surface area contributed by atoms with Crippen LogP contribution in [-0.2, 0) is 13.0 Å². The number of nitrogens with one attached hydrogen (secondary N) is 1. The van der Waals surface area contributed by atoms with Gasteiger partial charge in [0.2, 0.25) is 0 Å². The fourth-order valence-electron chi connectivity index (χ4n) is 3.44. The molecule has 8 heteroatoms. The number of rotatable bonds is 5. The molecule has 0 spiro atoms. The molecule has 0 saturated carbocycles. The monoisotopic (exact) mass is 394 g/mol. The lowest BCUT2D eigenvalue weighted by Gasteiger charge is -2.29. The minimum absolute atomic E-state index is 0.0714. The van der Waals surface area contributed by atoms with Gasteiger partial charge >= 0.3 is 0 Å². The van der Waals surface area contributed by atoms with Gasteiger partial charge in [-0.15, -0.1) is 0 Å². The Balaban J connectivity index is 1.53. The molecule has 150 valence electrons. The molecular formula is C21H22N4O4. The highest BCUT2D eigenvalue weighted by atomic mass is 16.5. The van der Waals surface area contributed by atoms with Crippen molar-refractivity contribution >= 4 is 17.4 Å². The van der Waals surface area contributed by atoms with Crippen LogP contribution in [0.15, 0.2) is 41.2 Å². The predicted octanol–water partition coefficient (Wildman–Crippen LogP) is 3.34. The van der Waals surface area contributed by atoms with Crippen molar-refractivity contribution in [3.63, 3.8) is 0 Å². The summed E-state index contributed by atoms with van der Waals surface area (Å²) in [6, 6.07) is 7.47. The van der Waals surface area contributed by atoms with E-state index >= 15 is 0 Å². The molecule has 1 aromatic carbocycles. The van der Waals surface area contributed by atoms with E-state index < -0.39 is 0 Å². The Morgan fingerprint density at radius 2 is 1.86 bits per heavy atom. The molecule has 1 aliphatic rings. The fourth-order valence-corrected chi connectivity index (χ4v) is 3.44. The molecule has 3 aromatic rings. The molecule has 0 fully saturated rings. The number of carbonyl (C=O) groups excluding carboxylic acids is 1. The highest BCUT2D eigenvalue weighted by Crippen LogP contribution is 2.33. The molecule has 29 heavy (non-hydrogen) atoms. The summed E-state index contributed by atoms with van der Waals surface area (Å²) in [4.78, 5) is 19.1. The van der Waals surface area contributed by atoms with E-state index in [0.717, 1.165) is 12.0 Å². The number of carbonyl (C=O) groups is 1. The topological polar surface area (TPSA) is 89.7 Å². The summed E-state index contributed by atoms with van der Waals surface area (Å²) in [5.41, 5.74) is 3.41. The normalized spacial score (nSPS) is 13.0. The molecule has 0 aliphatic carbocycles. The lowest BCUT2D eigenvalue weighted by Crippen LogP contribution is -2.36. The van der Waals surface area contributed by atoms with Crippen molar-refractivity contribution in [3.05, 3.63) is 59.1 Å². The summed E-state index contributed by atoms with van der Waals surface area (Å²) in [5, 5.41) is 7.00. The highest BCUT2D eigenvalue weighted by molar-refractivity contribution is 5.95. The Kier molecular flexibility index (Phi) is 5.07. The van der Waals surface area contributed by atoms with Gasteiger partial charge in [0, 0.05) is 25.4 Å². The third kappa shape index (κ3) is 3.87. The molecule has 2 aromatic heterocycles. The Morgan fingerprint density at radius 1 is 1.10 bits per heavy atom. The van der Waals surface area contributed by atoms with Crippen molar-refractivity contribution < 1.29 is 18.8 Å². The first kappa shape index (κ1) is 18.8. The number of nitrogens with zero attached hydrogens (tertiary/aromatic N) is 3. The number of anilines is 2. The number of benzene rings is 1. The summed E-state index contributed by atoms with van der Waals surface area (Å²) in [7, 11) is 3.23. The molecule has 0 unspecified atom stereocenters. The number of methoxy groups -OCH3 is 2. The standard InChI is InChI=1S/C21H22N4O4/c1-13-6-20(24-29-13)23-17-7-15(10-22-11-17)21(26)25-5-4-14-8-18(27-2)19(28-3)9-16(14)12-25/h6-11H,4-5,12H2,1-3H3,(H,23,24). The van der Waals surface area contributed by atoms with E-state index in [2.05, 4.69) is 15.5 Å². The predicted molar refractivity (Wildman–Crippen MR) is 107 cm³/mol. The van der Waals surface area contributed by atoms with E-state index in [-0.39, 0.29) is 5.91 Å². The van der Waals surface area contributed by atoms with Crippen LogP contribution in [0.3, 0.4) is 0 Å². The number of amides is 1. The van der Waals surface area contributed by atoms with Gasteiger partial charge in [-0.25, -0.2) is 0 Å². The lowest BCUT2D eigenvalue weighted by atomic mass is 9.98. The van der Waals surface area contributed by atoms with Crippen LogP contribution >= 0.6 is 0 Å². The summed E-state index contributed by atoms with van der Waals surface area (Å²) in [5.74, 6) is 2.57. The second kappa shape index (κ2) is 7.83. The first-order chi connectivity index (χ1) is 14.1. The minimum Gasteiger partial charge on any atom is -0.493 e. The molecule has 3 heterocycles. The number of fused-ring (bicyclic) bond motifs is 1. The number of aromatic nitrogens is 2. The van der Waals surface area contributed by atoms with Crippen molar-refractivity contribution in [1.82, 2.24) is 15.0 Å². The van der Waals surface area contributed by atoms with E-state index in [4.69, 9.17) is 14.0 Å². The summed E-state index contributed by atoms with van der Waals surface area (Å²) >= 11 is 0. The van der Waals surface area contributed by atoms with Crippen molar-refractivity contribution in [3.8, 4) is 11.5 Å². The molecule has 0 atom stereocenters. The van der Waals surface area contributed by atoms with Crippen LogP contribution in [0.4, 0.5) is 11.5 Å². The Bertz CT molecular complexity index is 1050. The number of hydrogen-bond donors (Lipinski definition) is 1. The number of aryl methyl sites for hydroxylation is 1. The third-order valence-electron chi connectivity index (χ3n) is 4.89. The maximum Gasteiger partial charge on any atom is 0.255 e. The number of ether oxygens (including phenoxy) is 2. The molecule has 0 radical (unpaired) electrons. The zero-order chi connectivity index (χ0) is 20.4. The Hall–Kier alpha value is -3.55. The van der Waals surface area contributed by atoms with Crippen LogP contribution in [-0.4, -0.2) is 41.7 Å². The van der Waals surface area contributed by atoms with Crippen molar-refractivity contribution in [1.29, 1.82) is 0 Å². The second-order valence-corrected chi connectivity index (χ2v) is 6.86. The van der Waals surface area contributed by atoms with Gasteiger partial charge in [0.25, 0.3) is 5.91 Å². The van der Waals surface area contributed by atoms with Gasteiger partial charge in [-0.05, 0) is 42.7 Å². The maximum atomic E-state index is 13.1. The quantitative estimate of drug-likeness (QED) is 0.710. The Labute approximate surface area is 168 Å². The SMILES string of the molecule is COc1cc2c(cc1OC)CN(C(=O)c1cncc(Nc3cc(C)on3)c1)CC2. The highest BCUT2D eigenvalue weighted by Gasteiger charge is 2.24. The van der Waals surface area contributed by atoms with Crippen LogP contribution in [0.25, 0.3) is 0 Å². The molecule has 4 rings (SSSR count). The zero-order valence-electron chi connectivity index (χ0n) is 16.6. The lowest BCUT2D eigenvalue weighted by molar-refractivity contribution is 0.0734. The van der Waals surface area contributed by atoms with Crippen molar-refractivity contribution in [2.45, 2.75) is 19.9 Å². The van der Waals surface area contributed by atoms with Gasteiger partial charge in [0.15, 0.2) is 17.3 Å². The summed E-state index contributed by atoms with van der Waals surface area (Å²) < 4.78 is 15.8. The molecule has 0 saturated heterocycles. The number of hydrogen-bond acceptors (Lipinski definition) is 7. The Morgan fingerprint density at radius 3 is 2.55 bits per heavy atom. The van der Waals surface area contributed by atoms with Gasteiger partial charge in [-0.1, -0.05) is 5.16 Å². The molecule has 1 aliphatic heterocycles. The van der Waals surface area contributed by atoms with Crippen LogP contribution in [0.2, 0.25) is 0 Å². The average molecular weight is 394 g/mol. The molecular weight excluding hydrogens is 372 g/mol. The van der Waals surface area contributed by atoms with E-state index in [1.165, 1.54) is 5.56 Å². The minimum atomic E-state index is -0.0714. The molecule has 1 N–H and O–H groups in total. The van der Waals surface area contributed by atoms with Crippen molar-refractivity contribution in [2.24, 2.45) is 0 Å². The average Bonchev–Trinajstić information content (AvgIpc) is 3.16. The van der Waals surface area contributed by atoms with Gasteiger partial charge in [0.1, 0.15) is 5.76 Å². The largest absolute Gasteiger partial charge is 0.493 e. The first-order valence-electron chi connectivity index (χ1n) is 9.26. The summed E-state index contributed by atoms with van der Waals surface area (Å²) in [6.07, 6.45) is 3.97. The van der Waals surface area contributed by atoms with E-state index in [0.29, 0.717) is 47.4 Å². The van der Waals surface area contributed by atoms with E-state index in [1.807, 2.05) is 24.0 Å². The fraction of sp³-hybridized carbons (Fsp3) is 0.286. The van der Waals surface area contributed by atoms with Gasteiger partial charge in [-0.2, -0.15) is 0 Å². The maximum absolute atomic E-state index is 13.1. The zero-order valence-corrected chi connectivity index (χ0v) is 16.6. The molecule has 8 nitrogen and oxygen atoms in total. The van der Waals surface area contributed by atoms with Crippen LogP contribution in [0.1, 0.15) is 27.2 Å². The van der Waals surface area contributed by atoms with Crippen LogP contribution < -0.4 is 14.8 Å². The van der Waals surface area contributed by atoms with Crippen LogP contribution in [0, 0.1) is 6.92 Å². The first-order valence-corrected chi connectivity index (χ1v) is 9.26. The van der Waals surface area contributed by atoms with Crippen molar-refractivity contribution in [2.75, 3.05) is 26.1 Å². The second-order valence-electron chi connectivity index (χ2n) is 6.86. The van der Waals surface area contributed by atoms with Crippen LogP contribution in [0.5, 0.6) is 11.5 Å².